The summed E-state index contributed by atoms with van der Waals surface area (Å²) in [5, 5.41) is 9.01. The molecule has 1 aromatic carbocycles. The molecular formula is C17H25NO3. The number of carboxylic acids is 1. The Kier molecular flexibility index (Phi) is 5.76. The van der Waals surface area contributed by atoms with E-state index in [1.54, 1.807) is 6.92 Å². The van der Waals surface area contributed by atoms with Gasteiger partial charge in [0.25, 0.3) is 0 Å². The molecule has 4 nitrogen and oxygen atoms in total. The Hall–Kier alpha value is -1.39. The Bertz CT molecular complexity index is 452. The van der Waals surface area contributed by atoms with E-state index in [1.807, 2.05) is 24.3 Å². The highest BCUT2D eigenvalue weighted by molar-refractivity contribution is 5.75. The van der Waals surface area contributed by atoms with Gasteiger partial charge in [0.1, 0.15) is 0 Å². The van der Waals surface area contributed by atoms with Crippen molar-refractivity contribution >= 4 is 5.97 Å². The van der Waals surface area contributed by atoms with Crippen molar-refractivity contribution in [2.75, 3.05) is 26.8 Å². The lowest BCUT2D eigenvalue weighted by Gasteiger charge is -2.27. The van der Waals surface area contributed by atoms with E-state index in [0.717, 1.165) is 50.6 Å². The van der Waals surface area contributed by atoms with Crippen LogP contribution < -0.4 is 0 Å². The van der Waals surface area contributed by atoms with Crippen molar-refractivity contribution < 1.29 is 14.6 Å². The first kappa shape index (κ1) is 16.0. The zero-order chi connectivity index (χ0) is 15.2. The van der Waals surface area contributed by atoms with Crippen LogP contribution in [-0.2, 0) is 16.1 Å². The standard InChI is InChI=1S/C17H25NO3/c1-13(17(19)20)16-5-3-14(4-6-16)11-18(2)12-15-7-9-21-10-8-15/h3-6,13,15H,7-12H2,1-2H3,(H,19,20). The summed E-state index contributed by atoms with van der Waals surface area (Å²) in [6.45, 7) is 5.49. The van der Waals surface area contributed by atoms with Crippen molar-refractivity contribution in [1.82, 2.24) is 4.90 Å². The molecule has 4 heteroatoms. The molecule has 0 saturated carbocycles. The summed E-state index contributed by atoms with van der Waals surface area (Å²) < 4.78 is 5.39. The molecule has 1 aromatic rings. The fraction of sp³-hybridized carbons (Fsp3) is 0.588. The molecule has 1 heterocycles. The van der Waals surface area contributed by atoms with E-state index in [1.165, 1.54) is 5.56 Å². The van der Waals surface area contributed by atoms with Gasteiger partial charge < -0.3 is 14.7 Å². The number of carboxylic acid groups (broad SMARTS) is 1. The van der Waals surface area contributed by atoms with Crippen molar-refractivity contribution in [3.8, 4) is 0 Å². The molecule has 1 fully saturated rings. The van der Waals surface area contributed by atoms with E-state index in [2.05, 4.69) is 11.9 Å². The van der Waals surface area contributed by atoms with Crippen molar-refractivity contribution in [2.24, 2.45) is 5.92 Å². The zero-order valence-corrected chi connectivity index (χ0v) is 12.9. The van der Waals surface area contributed by atoms with Crippen LogP contribution in [0.5, 0.6) is 0 Å². The summed E-state index contributed by atoms with van der Waals surface area (Å²) in [6, 6.07) is 7.93. The van der Waals surface area contributed by atoms with Crippen LogP contribution in [0.3, 0.4) is 0 Å². The van der Waals surface area contributed by atoms with E-state index < -0.39 is 11.9 Å². The van der Waals surface area contributed by atoms with Gasteiger partial charge in [-0.25, -0.2) is 0 Å². The summed E-state index contributed by atoms with van der Waals surface area (Å²) >= 11 is 0. The third-order valence-electron chi connectivity index (χ3n) is 4.21. The van der Waals surface area contributed by atoms with Gasteiger partial charge in [0.2, 0.25) is 0 Å². The molecule has 116 valence electrons. The van der Waals surface area contributed by atoms with Crippen LogP contribution in [0.15, 0.2) is 24.3 Å². The Morgan fingerprint density at radius 2 is 1.95 bits per heavy atom. The minimum atomic E-state index is -0.778. The molecule has 21 heavy (non-hydrogen) atoms. The normalized spacial score (nSPS) is 17.9. The molecule has 1 N–H and O–H groups in total. The van der Waals surface area contributed by atoms with E-state index in [0.29, 0.717) is 0 Å². The Morgan fingerprint density at radius 3 is 2.52 bits per heavy atom. The van der Waals surface area contributed by atoms with Gasteiger partial charge in [0.05, 0.1) is 5.92 Å². The van der Waals surface area contributed by atoms with E-state index >= 15 is 0 Å². The molecule has 0 aromatic heterocycles. The Labute approximate surface area is 126 Å². The number of benzene rings is 1. The second kappa shape index (κ2) is 7.57. The topological polar surface area (TPSA) is 49.8 Å². The summed E-state index contributed by atoms with van der Waals surface area (Å²) in [6.07, 6.45) is 2.30. The summed E-state index contributed by atoms with van der Waals surface area (Å²) in [4.78, 5) is 13.3. The molecule has 1 aliphatic rings. The minimum absolute atomic E-state index is 0.445. The van der Waals surface area contributed by atoms with Crippen LogP contribution in [0, 0.1) is 5.92 Å². The van der Waals surface area contributed by atoms with Gasteiger partial charge >= 0.3 is 5.97 Å². The third kappa shape index (κ3) is 4.83. The molecule has 2 rings (SSSR count). The van der Waals surface area contributed by atoms with Crippen molar-refractivity contribution in [3.05, 3.63) is 35.4 Å². The molecule has 1 saturated heterocycles. The average molecular weight is 291 g/mol. The first-order chi connectivity index (χ1) is 10.1. The highest BCUT2D eigenvalue weighted by atomic mass is 16.5. The van der Waals surface area contributed by atoms with Crippen LogP contribution in [0.4, 0.5) is 0 Å². The minimum Gasteiger partial charge on any atom is -0.481 e. The van der Waals surface area contributed by atoms with Gasteiger partial charge in [-0.1, -0.05) is 24.3 Å². The van der Waals surface area contributed by atoms with Gasteiger partial charge in [0, 0.05) is 26.3 Å². The first-order valence-corrected chi connectivity index (χ1v) is 7.64. The quantitative estimate of drug-likeness (QED) is 0.875. The molecule has 1 atom stereocenters. The maximum absolute atomic E-state index is 11.0. The van der Waals surface area contributed by atoms with Crippen LogP contribution in [0.1, 0.15) is 36.8 Å². The molecule has 0 amide bonds. The van der Waals surface area contributed by atoms with Crippen molar-refractivity contribution in [2.45, 2.75) is 32.2 Å². The Balaban J connectivity index is 1.86. The number of hydrogen-bond donors (Lipinski definition) is 1. The largest absolute Gasteiger partial charge is 0.481 e. The number of carbonyl (C=O) groups is 1. The predicted molar refractivity (Wildman–Crippen MR) is 82.4 cm³/mol. The lowest BCUT2D eigenvalue weighted by molar-refractivity contribution is -0.138. The van der Waals surface area contributed by atoms with Gasteiger partial charge in [-0.15, -0.1) is 0 Å². The monoisotopic (exact) mass is 291 g/mol. The van der Waals surface area contributed by atoms with Crippen molar-refractivity contribution in [1.29, 1.82) is 0 Å². The van der Waals surface area contributed by atoms with Crippen molar-refractivity contribution in [3.63, 3.8) is 0 Å². The number of rotatable bonds is 6. The number of aliphatic carboxylic acids is 1. The molecule has 0 spiro atoms. The maximum Gasteiger partial charge on any atom is 0.310 e. The summed E-state index contributed by atoms with van der Waals surface area (Å²) in [7, 11) is 2.14. The smallest absolute Gasteiger partial charge is 0.310 e. The van der Waals surface area contributed by atoms with Crippen LogP contribution in [-0.4, -0.2) is 42.8 Å². The van der Waals surface area contributed by atoms with Gasteiger partial charge in [-0.05, 0) is 43.9 Å². The van der Waals surface area contributed by atoms with Gasteiger partial charge in [-0.2, -0.15) is 0 Å². The number of nitrogens with zero attached hydrogens (tertiary/aromatic N) is 1. The third-order valence-corrected chi connectivity index (χ3v) is 4.21. The molecule has 0 bridgehead atoms. The van der Waals surface area contributed by atoms with Gasteiger partial charge in [-0.3, -0.25) is 4.79 Å². The highest BCUT2D eigenvalue weighted by Gasteiger charge is 2.16. The predicted octanol–water partition coefficient (Wildman–Crippen LogP) is 2.73. The van der Waals surface area contributed by atoms with E-state index in [9.17, 15) is 4.79 Å². The molecule has 1 aliphatic heterocycles. The lowest BCUT2D eigenvalue weighted by atomic mass is 9.98. The second-order valence-electron chi connectivity index (χ2n) is 6.05. The highest BCUT2D eigenvalue weighted by Crippen LogP contribution is 2.19. The number of hydrogen-bond acceptors (Lipinski definition) is 3. The average Bonchev–Trinajstić information content (AvgIpc) is 2.48. The first-order valence-electron chi connectivity index (χ1n) is 7.64. The molecular weight excluding hydrogens is 266 g/mol. The van der Waals surface area contributed by atoms with Gasteiger partial charge in [0.15, 0.2) is 0 Å². The molecule has 0 radical (unpaired) electrons. The summed E-state index contributed by atoms with van der Waals surface area (Å²) in [5.41, 5.74) is 2.09. The number of ether oxygens (including phenoxy) is 1. The fourth-order valence-corrected chi connectivity index (χ4v) is 2.80. The van der Waals surface area contributed by atoms with E-state index in [-0.39, 0.29) is 0 Å². The zero-order valence-electron chi connectivity index (χ0n) is 12.9. The fourth-order valence-electron chi connectivity index (χ4n) is 2.80. The van der Waals surface area contributed by atoms with E-state index in [4.69, 9.17) is 9.84 Å². The SMILES string of the molecule is CC(C(=O)O)c1ccc(CN(C)CC2CCOCC2)cc1. The van der Waals surface area contributed by atoms with Crippen LogP contribution in [0.2, 0.25) is 0 Å². The molecule has 0 aliphatic carbocycles. The maximum atomic E-state index is 11.0. The molecule has 1 unspecified atom stereocenters. The van der Waals surface area contributed by atoms with Crippen LogP contribution >= 0.6 is 0 Å². The second-order valence-corrected chi connectivity index (χ2v) is 6.05. The van der Waals surface area contributed by atoms with Crippen LogP contribution in [0.25, 0.3) is 0 Å². The Morgan fingerprint density at radius 1 is 1.33 bits per heavy atom. The summed E-state index contributed by atoms with van der Waals surface area (Å²) in [5.74, 6) is -0.492. The lowest BCUT2D eigenvalue weighted by Crippen LogP contribution is -2.29.